The van der Waals surface area contributed by atoms with Gasteiger partial charge in [0.2, 0.25) is 0 Å². The third-order valence-corrected chi connectivity index (χ3v) is 3.02. The molecule has 0 aliphatic heterocycles. The molecule has 1 N–H and O–H groups in total. The molecule has 0 bridgehead atoms. The van der Waals surface area contributed by atoms with Crippen molar-refractivity contribution >= 4 is 0 Å². The highest BCUT2D eigenvalue weighted by atomic mass is 16.5. The van der Waals surface area contributed by atoms with Gasteiger partial charge in [-0.3, -0.25) is 0 Å². The van der Waals surface area contributed by atoms with E-state index in [-0.39, 0.29) is 6.04 Å². The van der Waals surface area contributed by atoms with E-state index in [2.05, 4.69) is 27.7 Å². The molecule has 1 aromatic carbocycles. The molecule has 2 aromatic rings. The number of rotatable bonds is 6. The molecule has 0 aliphatic carbocycles. The van der Waals surface area contributed by atoms with E-state index in [1.807, 2.05) is 18.2 Å². The van der Waals surface area contributed by atoms with Gasteiger partial charge in [-0.25, -0.2) is 0 Å². The highest BCUT2D eigenvalue weighted by Gasteiger charge is 2.11. The fourth-order valence-electron chi connectivity index (χ4n) is 1.88. The van der Waals surface area contributed by atoms with Crippen molar-refractivity contribution in [3.8, 4) is 11.5 Å². The maximum atomic E-state index is 5.30. The van der Waals surface area contributed by atoms with Crippen molar-refractivity contribution in [3.05, 3.63) is 29.6 Å². The van der Waals surface area contributed by atoms with E-state index in [0.717, 1.165) is 17.1 Å². The van der Waals surface area contributed by atoms with E-state index < -0.39 is 0 Å². The van der Waals surface area contributed by atoms with Crippen molar-refractivity contribution in [2.75, 3.05) is 14.2 Å². The average Bonchev–Trinajstić information content (AvgIpc) is 2.89. The molecule has 0 aliphatic rings. The third-order valence-electron chi connectivity index (χ3n) is 3.02. The van der Waals surface area contributed by atoms with Crippen molar-refractivity contribution in [2.24, 2.45) is 7.05 Å². The van der Waals surface area contributed by atoms with E-state index in [1.165, 1.54) is 4.80 Å². The van der Waals surface area contributed by atoms with Crippen LogP contribution in [0.1, 0.15) is 24.4 Å². The van der Waals surface area contributed by atoms with Crippen molar-refractivity contribution in [1.82, 2.24) is 25.5 Å². The van der Waals surface area contributed by atoms with Crippen LogP contribution in [0.4, 0.5) is 0 Å². The Balaban J connectivity index is 2.03. The third kappa shape index (κ3) is 3.24. The molecule has 108 valence electrons. The Hall–Kier alpha value is -2.15. The largest absolute Gasteiger partial charge is 0.493 e. The maximum Gasteiger partial charge on any atom is 0.188 e. The summed E-state index contributed by atoms with van der Waals surface area (Å²) in [5.41, 5.74) is 1.10. The zero-order valence-electron chi connectivity index (χ0n) is 12.1. The molecular weight excluding hydrogens is 258 g/mol. The number of tetrazole rings is 1. The van der Waals surface area contributed by atoms with Crippen molar-refractivity contribution in [3.63, 3.8) is 0 Å². The number of methoxy groups -OCH3 is 2. The van der Waals surface area contributed by atoms with Gasteiger partial charge in [-0.2, -0.15) is 4.80 Å². The first-order valence-electron chi connectivity index (χ1n) is 6.32. The second-order valence-corrected chi connectivity index (χ2v) is 4.41. The lowest BCUT2D eigenvalue weighted by Crippen LogP contribution is -2.19. The first kappa shape index (κ1) is 14.3. The highest BCUT2D eigenvalue weighted by Crippen LogP contribution is 2.29. The second-order valence-electron chi connectivity index (χ2n) is 4.41. The van der Waals surface area contributed by atoms with Crippen LogP contribution in [-0.4, -0.2) is 34.4 Å². The standard InChI is InChI=1S/C13H19N5O2/c1-9(14-8-13-15-17-18(2)16-13)10-5-6-11(19-3)12(7-10)20-4/h5-7,9,14H,8H2,1-4H3. The Bertz CT molecular complexity index is 570. The van der Waals surface area contributed by atoms with Gasteiger partial charge in [-0.15, -0.1) is 10.2 Å². The molecule has 0 saturated carbocycles. The number of nitrogens with one attached hydrogen (secondary N) is 1. The number of aryl methyl sites for hydroxylation is 1. The molecule has 1 aromatic heterocycles. The average molecular weight is 277 g/mol. The minimum absolute atomic E-state index is 0.138. The van der Waals surface area contributed by atoms with Gasteiger partial charge >= 0.3 is 0 Å². The van der Waals surface area contributed by atoms with E-state index >= 15 is 0 Å². The number of hydrogen-bond acceptors (Lipinski definition) is 6. The van der Waals surface area contributed by atoms with E-state index in [0.29, 0.717) is 12.4 Å². The fourth-order valence-corrected chi connectivity index (χ4v) is 1.88. The Morgan fingerprint density at radius 1 is 1.25 bits per heavy atom. The molecule has 0 amide bonds. The SMILES string of the molecule is COc1ccc(C(C)NCc2nnn(C)n2)cc1OC. The Kier molecular flexibility index (Phi) is 4.52. The molecule has 1 unspecified atom stereocenters. The molecule has 20 heavy (non-hydrogen) atoms. The number of nitrogens with zero attached hydrogens (tertiary/aromatic N) is 4. The summed E-state index contributed by atoms with van der Waals surface area (Å²) >= 11 is 0. The first-order valence-corrected chi connectivity index (χ1v) is 6.32. The lowest BCUT2D eigenvalue weighted by atomic mass is 10.1. The number of aromatic nitrogens is 4. The highest BCUT2D eigenvalue weighted by molar-refractivity contribution is 5.43. The van der Waals surface area contributed by atoms with Crippen molar-refractivity contribution in [2.45, 2.75) is 19.5 Å². The van der Waals surface area contributed by atoms with Crippen LogP contribution in [-0.2, 0) is 13.6 Å². The summed E-state index contributed by atoms with van der Waals surface area (Å²) in [6, 6.07) is 6.00. The van der Waals surface area contributed by atoms with Gasteiger partial charge in [0.1, 0.15) is 0 Å². The van der Waals surface area contributed by atoms with Gasteiger partial charge in [0.05, 0.1) is 27.8 Å². The summed E-state index contributed by atoms with van der Waals surface area (Å²) in [5.74, 6) is 2.11. The number of hydrogen-bond donors (Lipinski definition) is 1. The number of ether oxygens (including phenoxy) is 2. The van der Waals surface area contributed by atoms with Gasteiger partial charge in [0.15, 0.2) is 17.3 Å². The van der Waals surface area contributed by atoms with Crippen LogP contribution in [0.15, 0.2) is 18.2 Å². The summed E-state index contributed by atoms with van der Waals surface area (Å²) in [7, 11) is 5.00. The molecule has 7 nitrogen and oxygen atoms in total. The molecular formula is C13H19N5O2. The van der Waals surface area contributed by atoms with Gasteiger partial charge in [0, 0.05) is 6.04 Å². The molecule has 0 saturated heterocycles. The van der Waals surface area contributed by atoms with Crippen LogP contribution in [0.3, 0.4) is 0 Å². The summed E-state index contributed by atoms with van der Waals surface area (Å²) in [6.45, 7) is 2.63. The van der Waals surface area contributed by atoms with E-state index in [1.54, 1.807) is 21.3 Å². The van der Waals surface area contributed by atoms with Crippen LogP contribution >= 0.6 is 0 Å². The lowest BCUT2D eigenvalue weighted by molar-refractivity contribution is 0.354. The van der Waals surface area contributed by atoms with Crippen LogP contribution in [0.5, 0.6) is 11.5 Å². The van der Waals surface area contributed by atoms with Gasteiger partial charge in [-0.05, 0) is 29.8 Å². The Labute approximate surface area is 117 Å². The predicted molar refractivity (Wildman–Crippen MR) is 73.6 cm³/mol. The Morgan fingerprint density at radius 3 is 2.60 bits per heavy atom. The normalized spacial score (nSPS) is 12.2. The van der Waals surface area contributed by atoms with Crippen molar-refractivity contribution < 1.29 is 9.47 Å². The van der Waals surface area contributed by atoms with Crippen molar-refractivity contribution in [1.29, 1.82) is 0 Å². The van der Waals surface area contributed by atoms with Crippen LogP contribution in [0, 0.1) is 0 Å². The monoisotopic (exact) mass is 277 g/mol. The van der Waals surface area contributed by atoms with Crippen LogP contribution < -0.4 is 14.8 Å². The fraction of sp³-hybridized carbons (Fsp3) is 0.462. The minimum atomic E-state index is 0.138. The molecule has 0 fully saturated rings. The van der Waals surface area contributed by atoms with Gasteiger partial charge in [0.25, 0.3) is 0 Å². The van der Waals surface area contributed by atoms with Crippen LogP contribution in [0.25, 0.3) is 0 Å². The summed E-state index contributed by atoms with van der Waals surface area (Å²) in [5, 5.41) is 15.2. The minimum Gasteiger partial charge on any atom is -0.493 e. The quantitative estimate of drug-likeness (QED) is 0.851. The zero-order chi connectivity index (χ0) is 14.5. The zero-order valence-corrected chi connectivity index (χ0v) is 12.1. The predicted octanol–water partition coefficient (Wildman–Crippen LogP) is 1.08. The molecule has 1 atom stereocenters. The molecule has 2 rings (SSSR count). The van der Waals surface area contributed by atoms with E-state index in [9.17, 15) is 0 Å². The lowest BCUT2D eigenvalue weighted by Gasteiger charge is -2.15. The number of benzene rings is 1. The summed E-state index contributed by atoms with van der Waals surface area (Å²) in [6.07, 6.45) is 0. The topological polar surface area (TPSA) is 74.1 Å². The maximum absolute atomic E-state index is 5.30. The molecule has 0 spiro atoms. The van der Waals surface area contributed by atoms with Crippen LogP contribution in [0.2, 0.25) is 0 Å². The van der Waals surface area contributed by atoms with E-state index in [4.69, 9.17) is 9.47 Å². The molecule has 7 heteroatoms. The smallest absolute Gasteiger partial charge is 0.188 e. The Morgan fingerprint density at radius 2 is 2.00 bits per heavy atom. The van der Waals surface area contributed by atoms with Gasteiger partial charge in [-0.1, -0.05) is 6.07 Å². The summed E-state index contributed by atoms with van der Waals surface area (Å²) < 4.78 is 10.5. The molecule has 1 heterocycles. The second kappa shape index (κ2) is 6.33. The first-order chi connectivity index (χ1) is 9.63. The summed E-state index contributed by atoms with van der Waals surface area (Å²) in [4.78, 5) is 1.44. The molecule has 0 radical (unpaired) electrons. The van der Waals surface area contributed by atoms with Gasteiger partial charge < -0.3 is 14.8 Å².